The normalized spacial score (nSPS) is 10.4. The van der Waals surface area contributed by atoms with Gasteiger partial charge in [-0.2, -0.15) is 0 Å². The quantitative estimate of drug-likeness (QED) is 0.929. The minimum absolute atomic E-state index is 0.128. The molecule has 0 unspecified atom stereocenters. The maximum Gasteiger partial charge on any atom is 0.244 e. The van der Waals surface area contributed by atoms with E-state index in [1.807, 2.05) is 32.9 Å². The number of hydrogen-bond acceptors (Lipinski definition) is 2. The van der Waals surface area contributed by atoms with E-state index in [9.17, 15) is 14.0 Å². The van der Waals surface area contributed by atoms with Crippen molar-refractivity contribution in [3.63, 3.8) is 0 Å². The number of halogens is 1. The third-order valence-corrected chi connectivity index (χ3v) is 3.70. The molecule has 2 amide bonds. The van der Waals surface area contributed by atoms with Gasteiger partial charge in [0.1, 0.15) is 12.4 Å². The Hall–Kier alpha value is -2.69. The van der Waals surface area contributed by atoms with E-state index in [0.29, 0.717) is 5.69 Å². The van der Waals surface area contributed by atoms with Crippen molar-refractivity contribution in [3.05, 3.63) is 58.9 Å². The van der Waals surface area contributed by atoms with Gasteiger partial charge in [-0.3, -0.25) is 9.59 Å². The van der Waals surface area contributed by atoms with E-state index in [2.05, 4.69) is 5.32 Å². The first-order valence-corrected chi connectivity index (χ1v) is 7.69. The number of benzene rings is 2. The zero-order valence-electron chi connectivity index (χ0n) is 14.3. The van der Waals surface area contributed by atoms with Crippen LogP contribution in [-0.2, 0) is 9.59 Å². The highest BCUT2D eigenvalue weighted by molar-refractivity contribution is 6.02. The van der Waals surface area contributed by atoms with Gasteiger partial charge in [0.25, 0.3) is 0 Å². The third-order valence-electron chi connectivity index (χ3n) is 3.70. The fourth-order valence-corrected chi connectivity index (χ4v) is 2.86. The van der Waals surface area contributed by atoms with Crippen molar-refractivity contribution < 1.29 is 14.0 Å². The van der Waals surface area contributed by atoms with Gasteiger partial charge in [-0.05, 0) is 50.1 Å². The van der Waals surface area contributed by atoms with Gasteiger partial charge >= 0.3 is 0 Å². The van der Waals surface area contributed by atoms with Crippen molar-refractivity contribution in [2.75, 3.05) is 16.8 Å². The third kappa shape index (κ3) is 4.19. The average molecular weight is 328 g/mol. The fourth-order valence-electron chi connectivity index (χ4n) is 2.86. The summed E-state index contributed by atoms with van der Waals surface area (Å²) in [6, 6.07) is 9.60. The highest BCUT2D eigenvalue weighted by Gasteiger charge is 2.20. The smallest absolute Gasteiger partial charge is 0.244 e. The van der Waals surface area contributed by atoms with Crippen LogP contribution in [0.1, 0.15) is 23.6 Å². The lowest BCUT2D eigenvalue weighted by molar-refractivity contribution is -0.120. The maximum atomic E-state index is 13.2. The molecule has 0 aliphatic carbocycles. The zero-order chi connectivity index (χ0) is 17.9. The number of anilines is 2. The van der Waals surface area contributed by atoms with Crippen LogP contribution in [0.15, 0.2) is 36.4 Å². The van der Waals surface area contributed by atoms with Crippen LogP contribution in [0.4, 0.5) is 15.8 Å². The summed E-state index contributed by atoms with van der Waals surface area (Å²) >= 11 is 0. The number of hydrogen-bond donors (Lipinski definition) is 1. The van der Waals surface area contributed by atoms with Gasteiger partial charge < -0.3 is 10.2 Å². The Balaban J connectivity index is 2.23. The Morgan fingerprint density at radius 2 is 1.71 bits per heavy atom. The predicted molar refractivity (Wildman–Crippen MR) is 93.7 cm³/mol. The van der Waals surface area contributed by atoms with Gasteiger partial charge in [0.15, 0.2) is 0 Å². The summed E-state index contributed by atoms with van der Waals surface area (Å²) < 4.78 is 13.2. The van der Waals surface area contributed by atoms with E-state index >= 15 is 0 Å². The minimum atomic E-state index is -0.429. The summed E-state index contributed by atoms with van der Waals surface area (Å²) in [5.41, 5.74) is 4.06. The standard InChI is InChI=1S/C19H21FN2O2/c1-12-8-13(2)19(14(3)9-12)22(15(4)23)11-18(24)21-17-7-5-6-16(20)10-17/h5-10H,11H2,1-4H3,(H,21,24). The summed E-state index contributed by atoms with van der Waals surface area (Å²) in [5.74, 6) is -1.03. The molecule has 2 aromatic carbocycles. The molecule has 0 heterocycles. The van der Waals surface area contributed by atoms with E-state index in [0.717, 1.165) is 22.4 Å². The van der Waals surface area contributed by atoms with Crippen molar-refractivity contribution in [1.29, 1.82) is 0 Å². The molecule has 0 atom stereocenters. The van der Waals surface area contributed by atoms with Crippen LogP contribution in [0.5, 0.6) is 0 Å². The summed E-state index contributed by atoms with van der Waals surface area (Å²) in [5, 5.41) is 2.62. The van der Waals surface area contributed by atoms with E-state index in [4.69, 9.17) is 0 Å². The van der Waals surface area contributed by atoms with E-state index < -0.39 is 5.82 Å². The molecule has 2 aromatic rings. The number of rotatable bonds is 4. The van der Waals surface area contributed by atoms with Gasteiger partial charge in [-0.1, -0.05) is 23.8 Å². The van der Waals surface area contributed by atoms with E-state index in [1.165, 1.54) is 30.0 Å². The predicted octanol–water partition coefficient (Wildman–Crippen LogP) is 3.74. The molecule has 0 radical (unpaired) electrons. The van der Waals surface area contributed by atoms with Gasteiger partial charge in [-0.25, -0.2) is 4.39 Å². The molecule has 0 saturated heterocycles. The molecule has 0 aliphatic heterocycles. The number of aryl methyl sites for hydroxylation is 3. The van der Waals surface area contributed by atoms with Crippen LogP contribution in [0.3, 0.4) is 0 Å². The van der Waals surface area contributed by atoms with Crippen molar-refractivity contribution in [2.24, 2.45) is 0 Å². The molecule has 1 N–H and O–H groups in total. The number of amides is 2. The summed E-state index contributed by atoms with van der Waals surface area (Å²) in [7, 11) is 0. The van der Waals surface area contributed by atoms with Crippen LogP contribution in [-0.4, -0.2) is 18.4 Å². The summed E-state index contributed by atoms with van der Waals surface area (Å²) in [6.45, 7) is 7.11. The molecule has 126 valence electrons. The van der Waals surface area contributed by atoms with Gasteiger partial charge in [0, 0.05) is 12.6 Å². The van der Waals surface area contributed by atoms with Gasteiger partial charge in [0.2, 0.25) is 11.8 Å². The van der Waals surface area contributed by atoms with Crippen molar-refractivity contribution in [1.82, 2.24) is 0 Å². The van der Waals surface area contributed by atoms with Crippen LogP contribution >= 0.6 is 0 Å². The van der Waals surface area contributed by atoms with E-state index in [-0.39, 0.29) is 18.4 Å². The zero-order valence-corrected chi connectivity index (χ0v) is 14.3. The number of nitrogens with one attached hydrogen (secondary N) is 1. The number of nitrogens with zero attached hydrogens (tertiary/aromatic N) is 1. The molecule has 0 saturated carbocycles. The molecule has 0 aliphatic rings. The Labute approximate surface area is 141 Å². The van der Waals surface area contributed by atoms with Crippen molar-refractivity contribution in [3.8, 4) is 0 Å². The molecular formula is C19H21FN2O2. The molecule has 5 heteroatoms. The van der Waals surface area contributed by atoms with Gasteiger partial charge in [-0.15, -0.1) is 0 Å². The lowest BCUT2D eigenvalue weighted by atomic mass is 10.0. The number of carbonyl (C=O) groups is 2. The lowest BCUT2D eigenvalue weighted by Crippen LogP contribution is -2.37. The minimum Gasteiger partial charge on any atom is -0.324 e. The lowest BCUT2D eigenvalue weighted by Gasteiger charge is -2.25. The topological polar surface area (TPSA) is 49.4 Å². The Morgan fingerprint density at radius 3 is 2.25 bits per heavy atom. The number of carbonyl (C=O) groups excluding carboxylic acids is 2. The highest BCUT2D eigenvalue weighted by Crippen LogP contribution is 2.26. The molecule has 24 heavy (non-hydrogen) atoms. The summed E-state index contributed by atoms with van der Waals surface area (Å²) in [4.78, 5) is 25.8. The molecular weight excluding hydrogens is 307 g/mol. The molecule has 2 rings (SSSR count). The highest BCUT2D eigenvalue weighted by atomic mass is 19.1. The Kier molecular flexibility index (Phi) is 5.34. The maximum absolute atomic E-state index is 13.2. The largest absolute Gasteiger partial charge is 0.324 e. The second-order valence-electron chi connectivity index (χ2n) is 5.91. The van der Waals surface area contributed by atoms with E-state index in [1.54, 1.807) is 6.07 Å². The van der Waals surface area contributed by atoms with Crippen LogP contribution in [0.25, 0.3) is 0 Å². The second kappa shape index (κ2) is 7.25. The molecule has 0 fully saturated rings. The van der Waals surface area contributed by atoms with Gasteiger partial charge in [0.05, 0.1) is 5.69 Å². The first-order valence-electron chi connectivity index (χ1n) is 7.69. The first kappa shape index (κ1) is 17.7. The SMILES string of the molecule is CC(=O)N(CC(=O)Nc1cccc(F)c1)c1c(C)cc(C)cc1C. The molecule has 0 bridgehead atoms. The van der Waals surface area contributed by atoms with Crippen LogP contribution < -0.4 is 10.2 Å². The molecule has 0 aromatic heterocycles. The molecule has 4 nitrogen and oxygen atoms in total. The molecule has 0 spiro atoms. The monoisotopic (exact) mass is 328 g/mol. The fraction of sp³-hybridized carbons (Fsp3) is 0.263. The van der Waals surface area contributed by atoms with Crippen molar-refractivity contribution >= 4 is 23.2 Å². The van der Waals surface area contributed by atoms with Crippen molar-refractivity contribution in [2.45, 2.75) is 27.7 Å². The Morgan fingerprint density at radius 1 is 1.08 bits per heavy atom. The van der Waals surface area contributed by atoms with Crippen LogP contribution in [0, 0.1) is 26.6 Å². The van der Waals surface area contributed by atoms with Crippen LogP contribution in [0.2, 0.25) is 0 Å². The Bertz CT molecular complexity index is 764. The first-order chi connectivity index (χ1) is 11.3. The summed E-state index contributed by atoms with van der Waals surface area (Å²) in [6.07, 6.45) is 0. The average Bonchev–Trinajstić information content (AvgIpc) is 2.44. The second-order valence-corrected chi connectivity index (χ2v) is 5.91.